The van der Waals surface area contributed by atoms with Crippen LogP contribution in [-0.2, 0) is 4.74 Å². The molecular weight excluding hydrogens is 218 g/mol. The number of carbonyl (C=O) groups is 1. The number of esters is 1. The van der Waals surface area contributed by atoms with Crippen molar-refractivity contribution in [3.63, 3.8) is 0 Å². The molecule has 1 aromatic rings. The third-order valence-electron chi connectivity index (χ3n) is 3.44. The van der Waals surface area contributed by atoms with Gasteiger partial charge in [-0.25, -0.2) is 9.78 Å². The Balaban J connectivity index is 2.33. The summed E-state index contributed by atoms with van der Waals surface area (Å²) in [6.07, 6.45) is 5.95. The van der Waals surface area contributed by atoms with Gasteiger partial charge in [0.05, 0.1) is 7.11 Å². The number of imidazole rings is 1. The highest BCUT2D eigenvalue weighted by Crippen LogP contribution is 2.32. The van der Waals surface area contributed by atoms with Gasteiger partial charge in [-0.1, -0.05) is 19.3 Å². The highest BCUT2D eigenvalue weighted by molar-refractivity contribution is 5.92. The van der Waals surface area contributed by atoms with Crippen LogP contribution in [0.3, 0.4) is 0 Å². The fourth-order valence-electron chi connectivity index (χ4n) is 2.61. The van der Waals surface area contributed by atoms with E-state index in [1.807, 2.05) is 11.5 Å². The quantitative estimate of drug-likeness (QED) is 0.799. The van der Waals surface area contributed by atoms with E-state index < -0.39 is 5.97 Å². The van der Waals surface area contributed by atoms with Crippen LogP contribution in [0.2, 0.25) is 0 Å². The normalized spacial score (nSPS) is 17.1. The summed E-state index contributed by atoms with van der Waals surface area (Å²) in [5, 5.41) is 0. The summed E-state index contributed by atoms with van der Waals surface area (Å²) in [4.78, 5) is 15.7. The minimum absolute atomic E-state index is 0.246. The Morgan fingerprint density at radius 1 is 1.41 bits per heavy atom. The second kappa shape index (κ2) is 4.77. The minimum Gasteiger partial charge on any atom is -0.464 e. The number of carbonyl (C=O) groups excluding carboxylic acids is 1. The Morgan fingerprint density at radius 2 is 2.06 bits per heavy atom. The molecular formula is C12H19N3O2. The van der Waals surface area contributed by atoms with Gasteiger partial charge in [-0.15, -0.1) is 0 Å². The van der Waals surface area contributed by atoms with Crippen LogP contribution in [0.15, 0.2) is 0 Å². The van der Waals surface area contributed by atoms with Crippen molar-refractivity contribution in [2.45, 2.75) is 45.1 Å². The molecule has 0 unspecified atom stereocenters. The van der Waals surface area contributed by atoms with Crippen molar-refractivity contribution in [3.8, 4) is 0 Å². The first-order valence-electron chi connectivity index (χ1n) is 6.07. The maximum absolute atomic E-state index is 11.5. The average molecular weight is 237 g/mol. The van der Waals surface area contributed by atoms with Gasteiger partial charge in [-0.2, -0.15) is 0 Å². The number of rotatable bonds is 2. The minimum atomic E-state index is -0.458. The van der Waals surface area contributed by atoms with Gasteiger partial charge in [-0.05, 0) is 19.8 Å². The van der Waals surface area contributed by atoms with Crippen LogP contribution in [0.25, 0.3) is 0 Å². The second-order valence-electron chi connectivity index (χ2n) is 4.55. The Bertz CT molecular complexity index is 420. The van der Waals surface area contributed by atoms with Crippen molar-refractivity contribution < 1.29 is 9.53 Å². The highest BCUT2D eigenvalue weighted by atomic mass is 16.5. The van der Waals surface area contributed by atoms with E-state index in [0.29, 0.717) is 11.9 Å². The number of methoxy groups -OCH3 is 1. The first-order chi connectivity index (χ1) is 8.15. The van der Waals surface area contributed by atoms with E-state index in [1.165, 1.54) is 26.4 Å². The molecule has 0 radical (unpaired) electrons. The Labute approximate surface area is 101 Å². The summed E-state index contributed by atoms with van der Waals surface area (Å²) in [6, 6.07) is 0.384. The third-order valence-corrected chi connectivity index (χ3v) is 3.44. The average Bonchev–Trinajstić information content (AvgIpc) is 2.65. The summed E-state index contributed by atoms with van der Waals surface area (Å²) in [7, 11) is 1.34. The van der Waals surface area contributed by atoms with Gasteiger partial charge in [0.15, 0.2) is 5.69 Å². The molecule has 0 spiro atoms. The zero-order chi connectivity index (χ0) is 12.4. The van der Waals surface area contributed by atoms with Gasteiger partial charge in [0.25, 0.3) is 0 Å². The first-order valence-corrected chi connectivity index (χ1v) is 6.07. The van der Waals surface area contributed by atoms with E-state index in [4.69, 9.17) is 5.73 Å². The molecule has 17 heavy (non-hydrogen) atoms. The first kappa shape index (κ1) is 12.0. The smallest absolute Gasteiger partial charge is 0.360 e. The summed E-state index contributed by atoms with van der Waals surface area (Å²) < 4.78 is 6.67. The lowest BCUT2D eigenvalue weighted by atomic mass is 9.95. The molecule has 1 heterocycles. The van der Waals surface area contributed by atoms with Gasteiger partial charge >= 0.3 is 5.97 Å². The third kappa shape index (κ3) is 2.14. The number of hydrogen-bond donors (Lipinski definition) is 1. The molecule has 0 bridgehead atoms. The lowest BCUT2D eigenvalue weighted by molar-refractivity contribution is 0.0595. The van der Waals surface area contributed by atoms with Crippen LogP contribution in [0, 0.1) is 6.92 Å². The number of nitrogens with two attached hydrogens (primary N) is 1. The fourth-order valence-corrected chi connectivity index (χ4v) is 2.61. The number of nitrogen functional groups attached to an aromatic ring is 1. The van der Waals surface area contributed by atoms with Gasteiger partial charge in [0, 0.05) is 6.04 Å². The second-order valence-corrected chi connectivity index (χ2v) is 4.55. The Morgan fingerprint density at radius 3 is 2.65 bits per heavy atom. The monoisotopic (exact) mass is 237 g/mol. The standard InChI is InChI=1S/C12H19N3O2/c1-8-14-10(12(16)17-2)11(13)15(8)9-6-4-3-5-7-9/h9H,3-7,13H2,1-2H3. The zero-order valence-corrected chi connectivity index (χ0v) is 10.4. The van der Waals surface area contributed by atoms with Gasteiger partial charge in [0.1, 0.15) is 11.6 Å². The maximum atomic E-state index is 11.5. The lowest BCUT2D eigenvalue weighted by Crippen LogP contribution is -2.17. The number of ether oxygens (including phenoxy) is 1. The van der Waals surface area contributed by atoms with E-state index in [1.54, 1.807) is 0 Å². The zero-order valence-electron chi connectivity index (χ0n) is 10.4. The Hall–Kier alpha value is -1.52. The van der Waals surface area contributed by atoms with E-state index in [2.05, 4.69) is 9.72 Å². The predicted molar refractivity (Wildman–Crippen MR) is 64.8 cm³/mol. The summed E-state index contributed by atoms with van der Waals surface area (Å²) >= 11 is 0. The van der Waals surface area contributed by atoms with Gasteiger partial charge in [0.2, 0.25) is 0 Å². The van der Waals surface area contributed by atoms with E-state index in [-0.39, 0.29) is 5.69 Å². The van der Waals surface area contributed by atoms with Crippen LogP contribution in [0.4, 0.5) is 5.82 Å². The van der Waals surface area contributed by atoms with Crippen molar-refractivity contribution in [1.82, 2.24) is 9.55 Å². The topological polar surface area (TPSA) is 70.1 Å². The number of aromatic nitrogens is 2. The molecule has 2 N–H and O–H groups in total. The van der Waals surface area contributed by atoms with Gasteiger partial charge in [-0.3, -0.25) is 0 Å². The highest BCUT2D eigenvalue weighted by Gasteiger charge is 2.24. The number of anilines is 1. The molecule has 0 aromatic carbocycles. The number of hydrogen-bond acceptors (Lipinski definition) is 4. The molecule has 5 heteroatoms. The summed E-state index contributed by atoms with van der Waals surface area (Å²) in [5.41, 5.74) is 6.26. The molecule has 2 rings (SSSR count). The predicted octanol–water partition coefficient (Wildman–Crippen LogP) is 2.07. The number of nitrogens with zero attached hydrogens (tertiary/aromatic N) is 2. The molecule has 1 aliphatic rings. The molecule has 0 aliphatic heterocycles. The van der Waals surface area contributed by atoms with E-state index in [9.17, 15) is 4.79 Å². The maximum Gasteiger partial charge on any atom is 0.360 e. The summed E-state index contributed by atoms with van der Waals surface area (Å²) in [6.45, 7) is 1.89. The van der Waals surface area contributed by atoms with Crippen LogP contribution in [0.1, 0.15) is 54.5 Å². The van der Waals surface area contributed by atoms with E-state index >= 15 is 0 Å². The molecule has 1 aromatic heterocycles. The molecule has 94 valence electrons. The number of aryl methyl sites for hydroxylation is 1. The van der Waals surface area contributed by atoms with Crippen LogP contribution >= 0.6 is 0 Å². The van der Waals surface area contributed by atoms with E-state index in [0.717, 1.165) is 18.7 Å². The molecule has 5 nitrogen and oxygen atoms in total. The lowest BCUT2D eigenvalue weighted by Gasteiger charge is -2.25. The largest absolute Gasteiger partial charge is 0.464 e. The van der Waals surface area contributed by atoms with Crippen LogP contribution in [-0.4, -0.2) is 22.6 Å². The van der Waals surface area contributed by atoms with Crippen LogP contribution < -0.4 is 5.73 Å². The molecule has 1 aliphatic carbocycles. The fraction of sp³-hybridized carbons (Fsp3) is 0.667. The molecule has 1 fully saturated rings. The molecule has 0 saturated heterocycles. The molecule has 0 amide bonds. The van der Waals surface area contributed by atoms with Crippen molar-refractivity contribution in [1.29, 1.82) is 0 Å². The van der Waals surface area contributed by atoms with Crippen LogP contribution in [0.5, 0.6) is 0 Å². The molecule has 0 atom stereocenters. The van der Waals surface area contributed by atoms with Crippen molar-refractivity contribution in [2.75, 3.05) is 12.8 Å². The summed E-state index contributed by atoms with van der Waals surface area (Å²) in [5.74, 6) is 0.788. The Kier molecular flexibility index (Phi) is 3.36. The van der Waals surface area contributed by atoms with Crippen molar-refractivity contribution >= 4 is 11.8 Å². The molecule has 1 saturated carbocycles. The van der Waals surface area contributed by atoms with Crippen molar-refractivity contribution in [3.05, 3.63) is 11.5 Å². The van der Waals surface area contributed by atoms with Crippen molar-refractivity contribution in [2.24, 2.45) is 0 Å². The van der Waals surface area contributed by atoms with Gasteiger partial charge < -0.3 is 15.0 Å². The SMILES string of the molecule is COC(=O)c1nc(C)n(C2CCCCC2)c1N.